The van der Waals surface area contributed by atoms with Gasteiger partial charge in [-0.2, -0.15) is 28.7 Å². The third-order valence-corrected chi connectivity index (χ3v) is 21.7. The van der Waals surface area contributed by atoms with Gasteiger partial charge in [0.1, 0.15) is 17.2 Å². The minimum Gasteiger partial charge on any atom is -0.425 e. The Balaban J connectivity index is 1.25. The Labute approximate surface area is 421 Å². The number of aryl methyl sites for hydroxylation is 6. The van der Waals surface area contributed by atoms with E-state index in [1.807, 2.05) is 187 Å². The molecule has 1 aliphatic rings. The Morgan fingerprint density at radius 1 is 0.333 bits per heavy atom. The molecule has 0 saturated heterocycles. The third kappa shape index (κ3) is 9.45. The molecule has 10 rings (SSSR count). The molecular weight excluding hydrogens is 952 g/mol. The summed E-state index contributed by atoms with van der Waals surface area (Å²) in [5, 5.41) is 15.4. The summed E-state index contributed by atoms with van der Waals surface area (Å²) in [5.41, 5.74) is 13.8. The summed E-state index contributed by atoms with van der Waals surface area (Å²) in [6.45, 7) is 23.5. The number of nitrogens with zero attached hydrogens (tertiary/aromatic N) is 9. The third-order valence-electron chi connectivity index (χ3n) is 12.1. The normalized spacial score (nSPS) is 18.2. The van der Waals surface area contributed by atoms with Crippen LogP contribution in [0.2, 0.25) is 0 Å². The van der Waals surface area contributed by atoms with Crippen molar-refractivity contribution in [2.24, 2.45) is 13.5 Å². The highest BCUT2D eigenvalue weighted by atomic mass is 31.3. The molecule has 4 heterocycles. The monoisotopic (exact) mass is 1010 g/mol. The largest absolute Gasteiger partial charge is 0.425 e. The molecule has 0 bridgehead atoms. The van der Waals surface area contributed by atoms with Gasteiger partial charge in [-0.3, -0.25) is 0 Å². The van der Waals surface area contributed by atoms with Crippen molar-refractivity contribution in [1.29, 1.82) is 0 Å². The Morgan fingerprint density at radius 2 is 0.542 bits per heavy atom. The molecule has 0 radical (unpaired) electrons. The van der Waals surface area contributed by atoms with Crippen LogP contribution in [0.1, 0.15) is 50.9 Å². The van der Waals surface area contributed by atoms with E-state index in [2.05, 4.69) is 56.1 Å². The minimum atomic E-state index is -3.92. The number of aromatic nitrogens is 6. The van der Waals surface area contributed by atoms with Crippen molar-refractivity contribution in [3.63, 3.8) is 0 Å². The fourth-order valence-electron chi connectivity index (χ4n) is 8.59. The molecule has 0 amide bonds. The summed E-state index contributed by atoms with van der Waals surface area (Å²) in [6, 6.07) is 54.6. The van der Waals surface area contributed by atoms with Crippen LogP contribution in [0.4, 0.5) is 0 Å². The summed E-state index contributed by atoms with van der Waals surface area (Å²) < 4.78 is 45.3. The van der Waals surface area contributed by atoms with E-state index < -0.39 is 22.7 Å². The molecule has 6 aromatic carbocycles. The summed E-state index contributed by atoms with van der Waals surface area (Å²) >= 11 is 0. The summed E-state index contributed by atoms with van der Waals surface area (Å²) in [5.74, 6) is 1.52. The second-order valence-electron chi connectivity index (χ2n) is 17.6. The van der Waals surface area contributed by atoms with Crippen molar-refractivity contribution < 1.29 is 13.6 Å². The van der Waals surface area contributed by atoms with Gasteiger partial charge in [0.15, 0.2) is 0 Å². The SMILES string of the molecule is C=Cc1ccc(-c2ccc(OP3(n4nc(C)cc4C)=NP(Oc4ccc(-c5ccc(C=C)cc5)cc4)(n4nc(C)cc4C)=NP(Oc4ccc(-c5ccc(C=C)cc5)cc4)(n4nc(C)cc4C)=N3)cc2)cc1. The van der Waals surface area contributed by atoms with E-state index in [4.69, 9.17) is 42.4 Å². The number of rotatable bonds is 15. The second-order valence-corrected chi connectivity index (χ2v) is 24.5. The van der Waals surface area contributed by atoms with Crippen molar-refractivity contribution >= 4 is 41.0 Å². The van der Waals surface area contributed by atoms with Crippen LogP contribution in [-0.2, 0) is 0 Å². The van der Waals surface area contributed by atoms with Gasteiger partial charge in [-0.1, -0.05) is 147 Å². The van der Waals surface area contributed by atoms with Gasteiger partial charge in [0.2, 0.25) is 0 Å². The van der Waals surface area contributed by atoms with Gasteiger partial charge in [0.25, 0.3) is 0 Å². The van der Waals surface area contributed by atoms with Gasteiger partial charge in [-0.15, -0.1) is 13.5 Å². The smallest absolute Gasteiger partial charge is 0.385 e. The maximum absolute atomic E-state index is 7.47. The standard InChI is InChI=1S/C57H54N9O3P3/c1-10-46-13-19-49(20-14-46)52-25-31-55(32-26-52)67-70(64-43(7)37-40(4)58-64)61-71(65-44(8)38-41(5)59-65,68-56-33-27-53(28-34-56)50-21-15-47(11-2)16-22-50)63-72(62-70,66-45(9)39-42(6)60-66)69-57-35-29-54(30-36-57)51-23-17-48(12-3)18-24-51/h10-39H,1-3H2,4-9H3. The van der Waals surface area contributed by atoms with E-state index >= 15 is 0 Å². The van der Waals surface area contributed by atoms with Crippen molar-refractivity contribution in [3.05, 3.63) is 234 Å². The topological polar surface area (TPSA) is 118 Å². The first kappa shape index (κ1) is 47.9. The molecule has 3 aromatic heterocycles. The average molecular weight is 1010 g/mol. The van der Waals surface area contributed by atoms with Crippen molar-refractivity contribution in [2.45, 2.75) is 41.5 Å². The van der Waals surface area contributed by atoms with E-state index in [-0.39, 0.29) is 0 Å². The highest BCUT2D eigenvalue weighted by Gasteiger charge is 2.49. The van der Waals surface area contributed by atoms with Crippen LogP contribution < -0.4 is 13.6 Å². The van der Waals surface area contributed by atoms with Gasteiger partial charge >= 0.3 is 22.7 Å². The Morgan fingerprint density at radius 3 is 0.722 bits per heavy atom. The lowest BCUT2D eigenvalue weighted by atomic mass is 10.0. The van der Waals surface area contributed by atoms with Crippen LogP contribution in [-0.4, -0.2) is 28.7 Å². The number of hydrogen-bond acceptors (Lipinski definition) is 9. The van der Waals surface area contributed by atoms with Crippen molar-refractivity contribution in [3.8, 4) is 50.6 Å². The van der Waals surface area contributed by atoms with Gasteiger partial charge in [0, 0.05) is 17.1 Å². The molecule has 0 spiro atoms. The first-order valence-corrected chi connectivity index (χ1v) is 28.1. The van der Waals surface area contributed by atoms with Crippen LogP contribution in [0.15, 0.2) is 197 Å². The maximum atomic E-state index is 7.47. The summed E-state index contributed by atoms with van der Waals surface area (Å²) in [4.78, 5) is 0. The molecule has 0 fully saturated rings. The molecule has 72 heavy (non-hydrogen) atoms. The highest BCUT2D eigenvalue weighted by molar-refractivity contribution is 7.81. The van der Waals surface area contributed by atoms with Crippen LogP contribution in [0.3, 0.4) is 0 Å². The Kier molecular flexibility index (Phi) is 12.9. The molecule has 0 saturated carbocycles. The number of hydrogen-bond donors (Lipinski definition) is 0. The Bertz CT molecular complexity index is 3280. The zero-order chi connectivity index (χ0) is 50.2. The van der Waals surface area contributed by atoms with Crippen LogP contribution in [0.25, 0.3) is 51.6 Å². The lowest BCUT2D eigenvalue weighted by Crippen LogP contribution is -2.16. The van der Waals surface area contributed by atoms with Gasteiger partial charge in [-0.05, 0) is 146 Å². The quantitative estimate of drug-likeness (QED) is 0.0944. The summed E-state index contributed by atoms with van der Waals surface area (Å²) in [6.07, 6.45) is 5.50. The first-order chi connectivity index (χ1) is 34.8. The van der Waals surface area contributed by atoms with Crippen molar-refractivity contribution in [2.75, 3.05) is 0 Å². The van der Waals surface area contributed by atoms with Crippen LogP contribution in [0, 0.1) is 41.5 Å². The predicted octanol–water partition coefficient (Wildman–Crippen LogP) is 17.1. The molecule has 12 nitrogen and oxygen atoms in total. The van der Waals surface area contributed by atoms with Crippen molar-refractivity contribution in [1.82, 2.24) is 28.7 Å². The molecule has 0 N–H and O–H groups in total. The fourth-order valence-corrected chi connectivity index (χ4v) is 19.9. The highest BCUT2D eigenvalue weighted by Crippen LogP contribution is 2.79. The molecule has 0 atom stereocenters. The minimum absolute atomic E-state index is 0.508. The lowest BCUT2D eigenvalue weighted by molar-refractivity contribution is 0.553. The zero-order valence-electron chi connectivity index (χ0n) is 41.0. The number of benzene rings is 6. The molecule has 9 aromatic rings. The second kappa shape index (κ2) is 19.5. The molecular formula is C57H54N9O3P3. The fraction of sp³-hybridized carbons (Fsp3) is 0.105. The molecule has 15 heteroatoms. The summed E-state index contributed by atoms with van der Waals surface area (Å²) in [7, 11) is -11.8. The molecule has 360 valence electrons. The average Bonchev–Trinajstić information content (AvgIpc) is 4.07. The van der Waals surface area contributed by atoms with Gasteiger partial charge in [0.05, 0.1) is 17.1 Å². The van der Waals surface area contributed by atoms with E-state index in [9.17, 15) is 0 Å². The molecule has 0 aliphatic carbocycles. The predicted molar refractivity (Wildman–Crippen MR) is 297 cm³/mol. The first-order valence-electron chi connectivity index (χ1n) is 23.4. The van der Waals surface area contributed by atoms with Crippen LogP contribution in [0.5, 0.6) is 17.2 Å². The lowest BCUT2D eigenvalue weighted by Gasteiger charge is -2.35. The van der Waals surface area contributed by atoms with Gasteiger partial charge < -0.3 is 13.6 Å². The van der Waals surface area contributed by atoms with Gasteiger partial charge in [-0.25, -0.2) is 0 Å². The van der Waals surface area contributed by atoms with E-state index in [1.54, 1.807) is 13.4 Å². The molecule has 1 aliphatic heterocycles. The molecule has 0 unspecified atom stereocenters. The maximum Gasteiger partial charge on any atom is 0.385 e. The van der Waals surface area contributed by atoms with E-state index in [1.165, 1.54) is 0 Å². The Hall–Kier alpha value is -7.74. The van der Waals surface area contributed by atoms with Crippen LogP contribution >= 0.6 is 22.7 Å². The van der Waals surface area contributed by atoms with E-state index in [0.717, 1.165) is 84.2 Å². The zero-order valence-corrected chi connectivity index (χ0v) is 43.7. The van der Waals surface area contributed by atoms with E-state index in [0.29, 0.717) is 17.2 Å².